The molecule has 2 aliphatic heterocycles. The maximum Gasteiger partial charge on any atom is 0.0300 e. The largest absolute Gasteiger partial charge is 0.298 e. The third-order valence-corrected chi connectivity index (χ3v) is 4.45. The van der Waals surface area contributed by atoms with Crippen molar-refractivity contribution in [3.05, 3.63) is 29.6 Å². The standard InChI is InChI=1S/C15H23N3/c1-13-10-16-6-5-14(13)11-17-8-9-18-7-3-2-4-15(18)12-17/h5-6,10,15H,2-4,7-9,11-12H2,1H3. The molecule has 1 aromatic rings. The Balaban J connectivity index is 1.63. The average Bonchev–Trinajstić information content (AvgIpc) is 2.41. The lowest BCUT2D eigenvalue weighted by molar-refractivity contribution is 0.0456. The normalized spacial score (nSPS) is 25.9. The van der Waals surface area contributed by atoms with Gasteiger partial charge in [-0.25, -0.2) is 0 Å². The van der Waals surface area contributed by atoms with Crippen LogP contribution in [0.1, 0.15) is 30.4 Å². The molecule has 0 aliphatic carbocycles. The molecular formula is C15H23N3. The first-order valence-corrected chi connectivity index (χ1v) is 7.19. The molecule has 0 bridgehead atoms. The van der Waals surface area contributed by atoms with Crippen molar-refractivity contribution >= 4 is 0 Å². The van der Waals surface area contributed by atoms with Crippen LogP contribution in [0.4, 0.5) is 0 Å². The van der Waals surface area contributed by atoms with Crippen molar-refractivity contribution < 1.29 is 0 Å². The van der Waals surface area contributed by atoms with Gasteiger partial charge < -0.3 is 0 Å². The molecule has 0 saturated carbocycles. The fourth-order valence-corrected chi connectivity index (χ4v) is 3.28. The summed E-state index contributed by atoms with van der Waals surface area (Å²) in [6.07, 6.45) is 8.11. The lowest BCUT2D eigenvalue weighted by Crippen LogP contribution is -2.54. The highest BCUT2D eigenvalue weighted by molar-refractivity contribution is 5.21. The lowest BCUT2D eigenvalue weighted by atomic mass is 9.99. The molecule has 3 heterocycles. The van der Waals surface area contributed by atoms with Crippen LogP contribution < -0.4 is 0 Å². The van der Waals surface area contributed by atoms with Crippen LogP contribution in [0.5, 0.6) is 0 Å². The van der Waals surface area contributed by atoms with Crippen LogP contribution in [0.3, 0.4) is 0 Å². The Labute approximate surface area is 110 Å². The van der Waals surface area contributed by atoms with Gasteiger partial charge in [-0.15, -0.1) is 0 Å². The zero-order valence-corrected chi connectivity index (χ0v) is 11.3. The van der Waals surface area contributed by atoms with E-state index in [2.05, 4.69) is 27.8 Å². The van der Waals surface area contributed by atoms with E-state index in [0.29, 0.717) is 0 Å². The summed E-state index contributed by atoms with van der Waals surface area (Å²) in [6.45, 7) is 8.32. The summed E-state index contributed by atoms with van der Waals surface area (Å²) in [4.78, 5) is 9.49. The van der Waals surface area contributed by atoms with Gasteiger partial charge in [-0.1, -0.05) is 6.42 Å². The molecule has 18 heavy (non-hydrogen) atoms. The maximum absolute atomic E-state index is 4.18. The zero-order chi connectivity index (χ0) is 12.4. The Morgan fingerprint density at radius 2 is 2.22 bits per heavy atom. The highest BCUT2D eigenvalue weighted by Crippen LogP contribution is 2.22. The molecule has 2 fully saturated rings. The van der Waals surface area contributed by atoms with Gasteiger partial charge in [-0.3, -0.25) is 14.8 Å². The highest BCUT2D eigenvalue weighted by atomic mass is 15.3. The Bertz CT molecular complexity index is 404. The van der Waals surface area contributed by atoms with E-state index in [9.17, 15) is 0 Å². The smallest absolute Gasteiger partial charge is 0.0300 e. The highest BCUT2D eigenvalue weighted by Gasteiger charge is 2.28. The van der Waals surface area contributed by atoms with E-state index in [1.54, 1.807) is 0 Å². The first-order chi connectivity index (χ1) is 8.83. The number of aryl methyl sites for hydroxylation is 1. The van der Waals surface area contributed by atoms with Crippen molar-refractivity contribution in [2.45, 2.75) is 38.8 Å². The predicted molar refractivity (Wildman–Crippen MR) is 73.5 cm³/mol. The van der Waals surface area contributed by atoms with E-state index in [0.717, 1.165) is 12.6 Å². The summed E-state index contributed by atoms with van der Waals surface area (Å²) in [5.41, 5.74) is 2.76. The summed E-state index contributed by atoms with van der Waals surface area (Å²) >= 11 is 0. The third kappa shape index (κ3) is 2.57. The third-order valence-electron chi connectivity index (χ3n) is 4.45. The van der Waals surface area contributed by atoms with Crippen molar-refractivity contribution in [3.63, 3.8) is 0 Å². The van der Waals surface area contributed by atoms with Gasteiger partial charge in [0.15, 0.2) is 0 Å². The van der Waals surface area contributed by atoms with E-state index in [1.165, 1.54) is 56.6 Å². The van der Waals surface area contributed by atoms with Crippen molar-refractivity contribution in [1.29, 1.82) is 0 Å². The molecule has 3 nitrogen and oxygen atoms in total. The molecular weight excluding hydrogens is 222 g/mol. The number of fused-ring (bicyclic) bond motifs is 1. The minimum atomic E-state index is 0.814. The van der Waals surface area contributed by atoms with Crippen LogP contribution in [0.15, 0.2) is 18.5 Å². The fraction of sp³-hybridized carbons (Fsp3) is 0.667. The molecule has 1 atom stereocenters. The minimum Gasteiger partial charge on any atom is -0.298 e. The Morgan fingerprint density at radius 1 is 1.28 bits per heavy atom. The molecule has 98 valence electrons. The summed E-state index contributed by atoms with van der Waals surface area (Å²) in [5.74, 6) is 0. The van der Waals surface area contributed by atoms with Gasteiger partial charge in [0, 0.05) is 44.6 Å². The number of nitrogens with zero attached hydrogens (tertiary/aromatic N) is 3. The van der Waals surface area contributed by atoms with Gasteiger partial charge in [0.05, 0.1) is 0 Å². The molecule has 1 unspecified atom stereocenters. The summed E-state index contributed by atoms with van der Waals surface area (Å²) in [6, 6.07) is 2.98. The number of rotatable bonds is 2. The molecule has 0 spiro atoms. The minimum absolute atomic E-state index is 0.814. The number of aromatic nitrogens is 1. The Kier molecular flexibility index (Phi) is 3.62. The van der Waals surface area contributed by atoms with Crippen molar-refractivity contribution in [3.8, 4) is 0 Å². The lowest BCUT2D eigenvalue weighted by Gasteiger charge is -2.44. The fourth-order valence-electron chi connectivity index (χ4n) is 3.28. The number of hydrogen-bond acceptors (Lipinski definition) is 3. The predicted octanol–water partition coefficient (Wildman–Crippen LogP) is 2.06. The molecule has 1 aromatic heterocycles. The first kappa shape index (κ1) is 12.1. The zero-order valence-electron chi connectivity index (χ0n) is 11.3. The maximum atomic E-state index is 4.18. The van der Waals surface area contributed by atoms with Crippen LogP contribution in [0.2, 0.25) is 0 Å². The average molecular weight is 245 g/mol. The molecule has 0 N–H and O–H groups in total. The van der Waals surface area contributed by atoms with Crippen molar-refractivity contribution in [1.82, 2.24) is 14.8 Å². The number of pyridine rings is 1. The van der Waals surface area contributed by atoms with E-state index in [1.807, 2.05) is 12.4 Å². The van der Waals surface area contributed by atoms with Gasteiger partial charge in [0.1, 0.15) is 0 Å². The van der Waals surface area contributed by atoms with Crippen molar-refractivity contribution in [2.24, 2.45) is 0 Å². The molecule has 0 radical (unpaired) electrons. The van der Waals surface area contributed by atoms with E-state index < -0.39 is 0 Å². The first-order valence-electron chi connectivity index (χ1n) is 7.19. The number of hydrogen-bond donors (Lipinski definition) is 0. The van der Waals surface area contributed by atoms with E-state index in [4.69, 9.17) is 0 Å². The molecule has 3 rings (SSSR count). The van der Waals surface area contributed by atoms with E-state index >= 15 is 0 Å². The Morgan fingerprint density at radius 3 is 3.11 bits per heavy atom. The molecule has 3 heteroatoms. The van der Waals surface area contributed by atoms with E-state index in [-0.39, 0.29) is 0 Å². The second kappa shape index (κ2) is 5.37. The SMILES string of the molecule is Cc1cnccc1CN1CCN2CCCCC2C1. The second-order valence-corrected chi connectivity index (χ2v) is 5.72. The van der Waals surface area contributed by atoms with Crippen LogP contribution in [-0.4, -0.2) is 47.0 Å². The quantitative estimate of drug-likeness (QED) is 0.795. The molecule has 0 amide bonds. The van der Waals surface area contributed by atoms with Gasteiger partial charge in [-0.2, -0.15) is 0 Å². The van der Waals surface area contributed by atoms with Crippen LogP contribution in [-0.2, 0) is 6.54 Å². The summed E-state index contributed by atoms with van der Waals surface area (Å²) in [7, 11) is 0. The monoisotopic (exact) mass is 245 g/mol. The molecule has 2 saturated heterocycles. The van der Waals surface area contributed by atoms with Crippen LogP contribution in [0, 0.1) is 6.92 Å². The summed E-state index contributed by atoms with van der Waals surface area (Å²) < 4.78 is 0. The Hall–Kier alpha value is -0.930. The van der Waals surface area contributed by atoms with Crippen LogP contribution in [0.25, 0.3) is 0 Å². The van der Waals surface area contributed by atoms with Gasteiger partial charge in [0.25, 0.3) is 0 Å². The van der Waals surface area contributed by atoms with Crippen molar-refractivity contribution in [2.75, 3.05) is 26.2 Å². The topological polar surface area (TPSA) is 19.4 Å². The molecule has 0 aromatic carbocycles. The molecule has 2 aliphatic rings. The van der Waals surface area contributed by atoms with Gasteiger partial charge in [0.2, 0.25) is 0 Å². The second-order valence-electron chi connectivity index (χ2n) is 5.72. The summed E-state index contributed by atoms with van der Waals surface area (Å²) in [5, 5.41) is 0. The van der Waals surface area contributed by atoms with Gasteiger partial charge >= 0.3 is 0 Å². The van der Waals surface area contributed by atoms with Gasteiger partial charge in [-0.05, 0) is 43.5 Å². The van der Waals surface area contributed by atoms with Crippen LogP contribution >= 0.6 is 0 Å². The number of piperidine rings is 1. The number of piperazine rings is 1.